The van der Waals surface area contributed by atoms with Gasteiger partial charge in [0.1, 0.15) is 14.4 Å². The predicted octanol–water partition coefficient (Wildman–Crippen LogP) is 5.82. The fraction of sp³-hybridized carbons (Fsp3) is 0.571. The Bertz CT molecular complexity index is 345. The lowest BCUT2D eigenvalue weighted by molar-refractivity contribution is 1.34. The van der Waals surface area contributed by atoms with Gasteiger partial charge in [-0.15, -0.1) is 0 Å². The van der Waals surface area contributed by atoms with Gasteiger partial charge in [0.25, 0.3) is 0 Å². The largest absolute Gasteiger partial charge is 0.181 e. The smallest absolute Gasteiger partial charge is 0.108 e. The minimum atomic E-state index is -0.987. The Hall–Kier alpha value is 0.354. The Balaban J connectivity index is 2.57. The summed E-state index contributed by atoms with van der Waals surface area (Å²) in [5, 5.41) is 0. The van der Waals surface area contributed by atoms with E-state index >= 15 is 0 Å². The van der Waals surface area contributed by atoms with E-state index in [4.69, 9.17) is 0 Å². The SMILES string of the molecule is C[Si](C)(C)SCc1cccc(CS[Si](C)(C)C)c1. The molecular weight excluding hydrogens is 288 g/mol. The van der Waals surface area contributed by atoms with Gasteiger partial charge in [0.2, 0.25) is 0 Å². The molecule has 0 aliphatic rings. The summed E-state index contributed by atoms with van der Waals surface area (Å²) in [6.45, 7) is 14.5. The summed E-state index contributed by atoms with van der Waals surface area (Å²) in [6.07, 6.45) is 0. The zero-order chi connectivity index (χ0) is 13.8. The van der Waals surface area contributed by atoms with Crippen molar-refractivity contribution in [1.29, 1.82) is 0 Å². The molecule has 0 aliphatic carbocycles. The second-order valence-electron chi connectivity index (χ2n) is 6.62. The summed E-state index contributed by atoms with van der Waals surface area (Å²) in [5.41, 5.74) is 2.99. The fourth-order valence-electron chi connectivity index (χ4n) is 1.41. The molecule has 0 bridgehead atoms. The summed E-state index contributed by atoms with van der Waals surface area (Å²) >= 11 is 4.32. The van der Waals surface area contributed by atoms with Crippen molar-refractivity contribution in [3.63, 3.8) is 0 Å². The second-order valence-corrected chi connectivity index (χ2v) is 25.3. The molecule has 0 unspecified atom stereocenters. The van der Waals surface area contributed by atoms with Crippen molar-refractivity contribution in [2.45, 2.75) is 50.8 Å². The second kappa shape index (κ2) is 6.68. The van der Waals surface area contributed by atoms with Crippen molar-refractivity contribution >= 4 is 36.9 Å². The highest BCUT2D eigenvalue weighted by Crippen LogP contribution is 2.27. The van der Waals surface area contributed by atoms with Gasteiger partial charge in [0.15, 0.2) is 0 Å². The molecule has 1 aromatic rings. The third kappa shape index (κ3) is 7.72. The van der Waals surface area contributed by atoms with Crippen molar-refractivity contribution in [3.05, 3.63) is 35.4 Å². The highest BCUT2D eigenvalue weighted by molar-refractivity contribution is 8.28. The molecule has 18 heavy (non-hydrogen) atoms. The number of benzene rings is 1. The normalized spacial score (nSPS) is 12.8. The van der Waals surface area contributed by atoms with Crippen LogP contribution < -0.4 is 0 Å². The summed E-state index contributed by atoms with van der Waals surface area (Å²) in [7, 11) is -1.97. The first-order chi connectivity index (χ1) is 8.16. The van der Waals surface area contributed by atoms with Crippen LogP contribution in [0.4, 0.5) is 0 Å². The average Bonchev–Trinajstić information content (AvgIpc) is 2.22. The van der Waals surface area contributed by atoms with E-state index in [1.165, 1.54) is 22.6 Å². The highest BCUT2D eigenvalue weighted by atomic mass is 32.4. The van der Waals surface area contributed by atoms with Gasteiger partial charge < -0.3 is 0 Å². The minimum Gasteiger partial charge on any atom is -0.181 e. The lowest BCUT2D eigenvalue weighted by Gasteiger charge is -2.17. The maximum Gasteiger partial charge on any atom is 0.108 e. The Morgan fingerprint density at radius 3 is 1.50 bits per heavy atom. The van der Waals surface area contributed by atoms with E-state index in [-0.39, 0.29) is 0 Å². The number of hydrogen-bond acceptors (Lipinski definition) is 2. The number of rotatable bonds is 6. The van der Waals surface area contributed by atoms with Crippen LogP contribution in [0.3, 0.4) is 0 Å². The number of hydrogen-bond donors (Lipinski definition) is 0. The van der Waals surface area contributed by atoms with Gasteiger partial charge in [0.05, 0.1) is 0 Å². The maximum atomic E-state index is 2.42. The third-order valence-electron chi connectivity index (χ3n) is 2.34. The van der Waals surface area contributed by atoms with E-state index in [1.54, 1.807) is 0 Å². The molecule has 0 radical (unpaired) electrons. The molecule has 0 spiro atoms. The van der Waals surface area contributed by atoms with Gasteiger partial charge in [-0.25, -0.2) is 0 Å². The molecule has 1 rings (SSSR count). The summed E-state index contributed by atoms with van der Waals surface area (Å²) in [4.78, 5) is 0. The van der Waals surface area contributed by atoms with Crippen LogP contribution >= 0.6 is 22.4 Å². The van der Waals surface area contributed by atoms with Crippen molar-refractivity contribution in [1.82, 2.24) is 0 Å². The quantitative estimate of drug-likeness (QED) is 0.606. The van der Waals surface area contributed by atoms with Gasteiger partial charge in [-0.1, -0.05) is 63.5 Å². The molecule has 0 saturated heterocycles. The molecule has 0 nitrogen and oxygen atoms in total. The van der Waals surface area contributed by atoms with Gasteiger partial charge in [-0.3, -0.25) is 0 Å². The summed E-state index contributed by atoms with van der Waals surface area (Å²) in [6, 6.07) is 9.17. The molecule has 102 valence electrons. The van der Waals surface area contributed by atoms with E-state index in [2.05, 4.69) is 86.0 Å². The molecule has 0 heterocycles. The van der Waals surface area contributed by atoms with Crippen LogP contribution in [0, 0.1) is 0 Å². The van der Waals surface area contributed by atoms with Crippen LogP contribution in [0.2, 0.25) is 39.3 Å². The topological polar surface area (TPSA) is 0 Å². The van der Waals surface area contributed by atoms with Crippen molar-refractivity contribution in [3.8, 4) is 0 Å². The zero-order valence-corrected chi connectivity index (χ0v) is 16.2. The van der Waals surface area contributed by atoms with Crippen LogP contribution in [-0.4, -0.2) is 14.4 Å². The lowest BCUT2D eigenvalue weighted by atomic mass is 10.2. The summed E-state index contributed by atoms with van der Waals surface area (Å²) in [5.74, 6) is 2.36. The van der Waals surface area contributed by atoms with E-state index in [0.29, 0.717) is 0 Å². The van der Waals surface area contributed by atoms with Crippen LogP contribution in [0.1, 0.15) is 11.1 Å². The highest BCUT2D eigenvalue weighted by Gasteiger charge is 2.15. The van der Waals surface area contributed by atoms with Crippen molar-refractivity contribution in [2.75, 3.05) is 0 Å². The van der Waals surface area contributed by atoms with Gasteiger partial charge in [0, 0.05) is 11.5 Å². The molecule has 0 atom stereocenters. The van der Waals surface area contributed by atoms with Crippen molar-refractivity contribution in [2.24, 2.45) is 0 Å². The minimum absolute atomic E-state index is 0.987. The van der Waals surface area contributed by atoms with Crippen LogP contribution in [0.15, 0.2) is 24.3 Å². The first kappa shape index (κ1) is 16.4. The van der Waals surface area contributed by atoms with Crippen LogP contribution in [-0.2, 0) is 11.5 Å². The third-order valence-corrected chi connectivity index (χ3v) is 11.1. The molecule has 0 aliphatic heterocycles. The first-order valence-electron chi connectivity index (χ1n) is 6.51. The van der Waals surface area contributed by atoms with E-state index in [9.17, 15) is 0 Å². The molecule has 0 N–H and O–H groups in total. The molecular formula is C14H26S2Si2. The molecule has 0 fully saturated rings. The Morgan fingerprint density at radius 1 is 0.778 bits per heavy atom. The Morgan fingerprint density at radius 2 is 1.17 bits per heavy atom. The van der Waals surface area contributed by atoms with Crippen LogP contribution in [0.25, 0.3) is 0 Å². The van der Waals surface area contributed by atoms with Gasteiger partial charge in [-0.05, 0) is 11.1 Å². The molecule has 0 saturated carbocycles. The van der Waals surface area contributed by atoms with E-state index < -0.39 is 14.4 Å². The van der Waals surface area contributed by atoms with Crippen molar-refractivity contribution < 1.29 is 0 Å². The van der Waals surface area contributed by atoms with Crippen LogP contribution in [0.5, 0.6) is 0 Å². The Kier molecular flexibility index (Phi) is 6.09. The maximum absolute atomic E-state index is 2.42. The average molecular weight is 315 g/mol. The fourth-order valence-corrected chi connectivity index (χ4v) is 6.57. The molecule has 0 aromatic heterocycles. The summed E-state index contributed by atoms with van der Waals surface area (Å²) < 4.78 is 0. The van der Waals surface area contributed by atoms with E-state index in [1.807, 2.05) is 0 Å². The Labute approximate surface area is 123 Å². The standard InChI is InChI=1S/C14H26S2Si2/c1-17(2,3)15-11-13-8-7-9-14(10-13)12-16-18(4,5)6/h7-10H,11-12H2,1-6H3. The zero-order valence-electron chi connectivity index (χ0n) is 12.5. The van der Waals surface area contributed by atoms with Gasteiger partial charge in [-0.2, -0.15) is 22.4 Å². The molecule has 1 aromatic carbocycles. The monoisotopic (exact) mass is 314 g/mol. The van der Waals surface area contributed by atoms with E-state index in [0.717, 1.165) is 0 Å². The molecule has 0 amide bonds. The predicted molar refractivity (Wildman–Crippen MR) is 95.7 cm³/mol. The first-order valence-corrected chi connectivity index (χ1v) is 16.9. The molecule has 4 heteroatoms. The lowest BCUT2D eigenvalue weighted by Crippen LogP contribution is -2.14. The van der Waals surface area contributed by atoms with Gasteiger partial charge >= 0.3 is 0 Å².